The van der Waals surface area contributed by atoms with Crippen molar-refractivity contribution >= 4 is 11.6 Å². The lowest BCUT2D eigenvalue weighted by molar-refractivity contribution is -0.120. The Labute approximate surface area is 100 Å². The summed E-state index contributed by atoms with van der Waals surface area (Å²) in [5, 5.41) is 9.09. The van der Waals surface area contributed by atoms with Gasteiger partial charge in [0.2, 0.25) is 0 Å². The van der Waals surface area contributed by atoms with E-state index in [2.05, 4.69) is 6.07 Å². The molecule has 0 atom stereocenters. The second-order valence-electron chi connectivity index (χ2n) is 4.66. The number of ether oxygens (including phenoxy) is 1. The molecule has 1 aromatic rings. The van der Waals surface area contributed by atoms with E-state index in [0.29, 0.717) is 5.75 Å². The number of carbonyl (C=O) groups is 1. The van der Waals surface area contributed by atoms with E-state index in [-0.39, 0.29) is 12.5 Å². The Balaban J connectivity index is 2.47. The van der Waals surface area contributed by atoms with Gasteiger partial charge in [-0.05, 0) is 31.5 Å². The molecule has 4 heteroatoms. The van der Waals surface area contributed by atoms with Crippen molar-refractivity contribution in [1.82, 2.24) is 0 Å². The first kappa shape index (κ1) is 11.5. The van der Waals surface area contributed by atoms with Gasteiger partial charge in [0, 0.05) is 7.05 Å². The van der Waals surface area contributed by atoms with Crippen LogP contribution in [0.25, 0.3) is 0 Å². The lowest BCUT2D eigenvalue weighted by atomic mass is 9.86. The molecule has 0 aromatic heterocycles. The highest BCUT2D eigenvalue weighted by Crippen LogP contribution is 2.35. The largest absolute Gasteiger partial charge is 0.482 e. The molecule has 0 spiro atoms. The molecule has 1 aliphatic heterocycles. The molecule has 1 aromatic carbocycles. The molecule has 0 bridgehead atoms. The third-order valence-electron chi connectivity index (χ3n) is 3.05. The Morgan fingerprint density at radius 3 is 2.82 bits per heavy atom. The SMILES string of the molecule is CN1C(=O)COc2cc(C(C)(C)C#N)ccc21. The second kappa shape index (κ2) is 3.77. The molecule has 17 heavy (non-hydrogen) atoms. The van der Waals surface area contributed by atoms with Crippen molar-refractivity contribution in [3.8, 4) is 11.8 Å². The number of hydrogen-bond donors (Lipinski definition) is 0. The zero-order valence-electron chi connectivity index (χ0n) is 10.2. The van der Waals surface area contributed by atoms with Crippen LogP contribution in [-0.2, 0) is 10.2 Å². The number of fused-ring (bicyclic) bond motifs is 1. The van der Waals surface area contributed by atoms with Gasteiger partial charge in [-0.25, -0.2) is 0 Å². The number of nitriles is 1. The highest BCUT2D eigenvalue weighted by molar-refractivity contribution is 5.97. The van der Waals surface area contributed by atoms with Crippen LogP contribution in [-0.4, -0.2) is 19.6 Å². The van der Waals surface area contributed by atoms with E-state index in [0.717, 1.165) is 11.3 Å². The molecule has 0 saturated heterocycles. The van der Waals surface area contributed by atoms with Gasteiger partial charge in [0.05, 0.1) is 17.2 Å². The Bertz CT molecular complexity index is 515. The van der Waals surface area contributed by atoms with Gasteiger partial charge in [-0.1, -0.05) is 6.07 Å². The monoisotopic (exact) mass is 230 g/mol. The maximum atomic E-state index is 11.4. The van der Waals surface area contributed by atoms with Crippen molar-refractivity contribution in [2.24, 2.45) is 0 Å². The number of carbonyl (C=O) groups excluding carboxylic acids is 1. The first-order valence-corrected chi connectivity index (χ1v) is 5.41. The second-order valence-corrected chi connectivity index (χ2v) is 4.66. The van der Waals surface area contributed by atoms with Crippen LogP contribution in [0.3, 0.4) is 0 Å². The third-order valence-corrected chi connectivity index (χ3v) is 3.05. The summed E-state index contributed by atoms with van der Waals surface area (Å²) in [6, 6.07) is 7.76. The van der Waals surface area contributed by atoms with Crippen LogP contribution < -0.4 is 9.64 Å². The van der Waals surface area contributed by atoms with Crippen LogP contribution in [0.1, 0.15) is 19.4 Å². The fraction of sp³-hybridized carbons (Fsp3) is 0.385. The molecule has 88 valence electrons. The van der Waals surface area contributed by atoms with Crippen molar-refractivity contribution in [1.29, 1.82) is 5.26 Å². The summed E-state index contributed by atoms with van der Waals surface area (Å²) in [7, 11) is 1.72. The predicted octanol–water partition coefficient (Wildman–Crippen LogP) is 1.84. The van der Waals surface area contributed by atoms with Crippen LogP contribution in [0.4, 0.5) is 5.69 Å². The maximum absolute atomic E-state index is 11.4. The molecule has 0 N–H and O–H groups in total. The molecule has 0 radical (unpaired) electrons. The van der Waals surface area contributed by atoms with Crippen molar-refractivity contribution in [3.05, 3.63) is 23.8 Å². The standard InChI is InChI=1S/C13H14N2O2/c1-13(2,8-14)9-4-5-10-11(6-9)17-7-12(16)15(10)3/h4-6H,7H2,1-3H3. The van der Waals surface area contributed by atoms with Crippen molar-refractivity contribution in [3.63, 3.8) is 0 Å². The number of hydrogen-bond acceptors (Lipinski definition) is 3. The van der Waals surface area contributed by atoms with Gasteiger partial charge >= 0.3 is 0 Å². The smallest absolute Gasteiger partial charge is 0.264 e. The van der Waals surface area contributed by atoms with Gasteiger partial charge in [0.1, 0.15) is 5.75 Å². The van der Waals surface area contributed by atoms with E-state index < -0.39 is 5.41 Å². The van der Waals surface area contributed by atoms with E-state index in [1.165, 1.54) is 0 Å². The molecule has 1 heterocycles. The number of rotatable bonds is 1. The lowest BCUT2D eigenvalue weighted by Crippen LogP contribution is -2.35. The fourth-order valence-corrected chi connectivity index (χ4v) is 1.73. The zero-order chi connectivity index (χ0) is 12.6. The normalized spacial score (nSPS) is 14.9. The first-order valence-electron chi connectivity index (χ1n) is 5.41. The minimum atomic E-state index is -0.557. The minimum absolute atomic E-state index is 0.0555. The summed E-state index contributed by atoms with van der Waals surface area (Å²) in [5.74, 6) is 0.595. The molecule has 2 rings (SSSR count). The molecular weight excluding hydrogens is 216 g/mol. The van der Waals surface area contributed by atoms with Gasteiger partial charge in [-0.15, -0.1) is 0 Å². The van der Waals surface area contributed by atoms with Gasteiger partial charge in [0.15, 0.2) is 6.61 Å². The highest BCUT2D eigenvalue weighted by atomic mass is 16.5. The minimum Gasteiger partial charge on any atom is -0.482 e. The highest BCUT2D eigenvalue weighted by Gasteiger charge is 2.26. The van der Waals surface area contributed by atoms with Gasteiger partial charge < -0.3 is 9.64 Å². The third kappa shape index (κ3) is 1.84. The van der Waals surface area contributed by atoms with Crippen molar-refractivity contribution in [2.45, 2.75) is 19.3 Å². The number of anilines is 1. The summed E-state index contributed by atoms with van der Waals surface area (Å²) in [4.78, 5) is 13.0. The Morgan fingerprint density at radius 1 is 1.47 bits per heavy atom. The average molecular weight is 230 g/mol. The number of nitrogens with zero attached hydrogens (tertiary/aromatic N) is 2. The first-order chi connectivity index (χ1) is 7.95. The average Bonchev–Trinajstić information content (AvgIpc) is 2.33. The van der Waals surface area contributed by atoms with E-state index in [1.807, 2.05) is 32.0 Å². The van der Waals surface area contributed by atoms with Crippen LogP contribution in [0.5, 0.6) is 5.75 Å². The molecule has 0 fully saturated rings. The van der Waals surface area contributed by atoms with Crippen LogP contribution in [0.2, 0.25) is 0 Å². The zero-order valence-corrected chi connectivity index (χ0v) is 10.2. The van der Waals surface area contributed by atoms with E-state index in [9.17, 15) is 4.79 Å². The number of likely N-dealkylation sites (N-methyl/N-ethyl adjacent to an activating group) is 1. The molecule has 0 aliphatic carbocycles. The van der Waals surface area contributed by atoms with E-state index in [1.54, 1.807) is 11.9 Å². The topological polar surface area (TPSA) is 53.3 Å². The number of benzene rings is 1. The van der Waals surface area contributed by atoms with E-state index >= 15 is 0 Å². The van der Waals surface area contributed by atoms with Crippen LogP contribution in [0.15, 0.2) is 18.2 Å². The quantitative estimate of drug-likeness (QED) is 0.739. The van der Waals surface area contributed by atoms with Crippen molar-refractivity contribution in [2.75, 3.05) is 18.6 Å². The summed E-state index contributed by atoms with van der Waals surface area (Å²) >= 11 is 0. The molecule has 0 unspecified atom stereocenters. The molecular formula is C13H14N2O2. The Morgan fingerprint density at radius 2 is 2.18 bits per heavy atom. The van der Waals surface area contributed by atoms with Crippen molar-refractivity contribution < 1.29 is 9.53 Å². The molecule has 4 nitrogen and oxygen atoms in total. The lowest BCUT2D eigenvalue weighted by Gasteiger charge is -2.27. The number of amides is 1. The summed E-state index contributed by atoms with van der Waals surface area (Å²) in [6.45, 7) is 3.76. The summed E-state index contributed by atoms with van der Waals surface area (Å²) in [5.41, 5.74) is 1.08. The molecule has 0 saturated carbocycles. The van der Waals surface area contributed by atoms with Gasteiger partial charge in [-0.2, -0.15) is 5.26 Å². The summed E-state index contributed by atoms with van der Waals surface area (Å²) < 4.78 is 5.39. The Hall–Kier alpha value is -2.02. The molecule has 1 aliphatic rings. The van der Waals surface area contributed by atoms with Crippen LogP contribution >= 0.6 is 0 Å². The van der Waals surface area contributed by atoms with E-state index in [4.69, 9.17) is 10.00 Å². The van der Waals surface area contributed by atoms with Gasteiger partial charge in [-0.3, -0.25) is 4.79 Å². The molecule has 1 amide bonds. The van der Waals surface area contributed by atoms with Crippen LogP contribution in [0, 0.1) is 11.3 Å². The maximum Gasteiger partial charge on any atom is 0.264 e. The predicted molar refractivity (Wildman–Crippen MR) is 64.0 cm³/mol. The Kier molecular flexibility index (Phi) is 2.55. The fourth-order valence-electron chi connectivity index (χ4n) is 1.73. The van der Waals surface area contributed by atoms with Gasteiger partial charge in [0.25, 0.3) is 5.91 Å². The summed E-state index contributed by atoms with van der Waals surface area (Å²) in [6.07, 6.45) is 0.